The first-order chi connectivity index (χ1) is 23.7. The number of carboxylic acids is 1. The Bertz CT molecular complexity index is 1940. The van der Waals surface area contributed by atoms with Crippen molar-refractivity contribution in [2.75, 3.05) is 26.7 Å². The maximum absolute atomic E-state index is 13.1. The van der Waals surface area contributed by atoms with E-state index in [2.05, 4.69) is 41.5 Å². The topological polar surface area (TPSA) is 128 Å². The number of nitrogens with two attached hydrogens (primary N) is 1. The molecule has 0 aliphatic carbocycles. The summed E-state index contributed by atoms with van der Waals surface area (Å²) in [5.41, 5.74) is 2.39. The average Bonchev–Trinajstić information content (AvgIpc) is 3.54. The molecule has 5 rings (SSSR count). The van der Waals surface area contributed by atoms with Crippen molar-refractivity contribution in [3.05, 3.63) is 131 Å². The molecule has 0 fully saturated rings. The van der Waals surface area contributed by atoms with Crippen LogP contribution in [0.3, 0.4) is 0 Å². The van der Waals surface area contributed by atoms with Crippen molar-refractivity contribution in [3.8, 4) is 22.7 Å². The lowest BCUT2D eigenvalue weighted by Crippen LogP contribution is -2.24. The summed E-state index contributed by atoms with van der Waals surface area (Å²) in [5.74, 6) is 0.119. The molecule has 0 aliphatic rings. The van der Waals surface area contributed by atoms with E-state index in [0.29, 0.717) is 23.7 Å². The second kappa shape index (κ2) is 17.3. The van der Waals surface area contributed by atoms with E-state index in [1.165, 1.54) is 35.4 Å². The predicted molar refractivity (Wildman–Crippen MR) is 186 cm³/mol. The third-order valence-electron chi connectivity index (χ3n) is 7.38. The van der Waals surface area contributed by atoms with E-state index < -0.39 is 27.9 Å². The average molecular weight is 729 g/mol. The first kappa shape index (κ1) is 38.1. The van der Waals surface area contributed by atoms with Gasteiger partial charge in [-0.3, -0.25) is 4.79 Å². The highest BCUT2D eigenvalue weighted by molar-refractivity contribution is 7.89. The Morgan fingerprint density at radius 1 is 0.920 bits per heavy atom. The minimum atomic E-state index is -4.63. The number of alkyl halides is 3. The third-order valence-corrected chi connectivity index (χ3v) is 8.57. The van der Waals surface area contributed by atoms with E-state index in [4.69, 9.17) is 26.6 Å². The van der Waals surface area contributed by atoms with Crippen LogP contribution in [0.15, 0.2) is 114 Å². The molecule has 4 aromatic carbocycles. The molecule has 1 heterocycles. The summed E-state index contributed by atoms with van der Waals surface area (Å²) in [6.07, 6.45) is -2.65. The molecule has 0 unspecified atom stereocenters. The second-order valence-corrected chi connectivity index (χ2v) is 13.3. The van der Waals surface area contributed by atoms with E-state index in [0.717, 1.165) is 35.9 Å². The van der Waals surface area contributed by atoms with Crippen molar-refractivity contribution in [2.45, 2.75) is 30.3 Å². The molecule has 0 bridgehead atoms. The number of carboxylic acid groups (broad SMARTS) is 1. The van der Waals surface area contributed by atoms with Gasteiger partial charge in [-0.1, -0.05) is 66.2 Å². The lowest BCUT2D eigenvalue weighted by molar-refractivity contribution is -0.141. The molecule has 0 radical (unpaired) electrons. The van der Waals surface area contributed by atoms with Gasteiger partial charge in [0.15, 0.2) is 5.69 Å². The maximum Gasteiger partial charge on any atom is 0.435 e. The predicted octanol–water partition coefficient (Wildman–Crippen LogP) is 7.31. The minimum absolute atomic E-state index is 0.155. The number of sulfonamides is 1. The molecular weight excluding hydrogens is 693 g/mol. The molecule has 0 atom stereocenters. The molecule has 1 aromatic heterocycles. The highest BCUT2D eigenvalue weighted by Gasteiger charge is 2.35. The van der Waals surface area contributed by atoms with E-state index in [1.54, 1.807) is 24.3 Å². The normalized spacial score (nSPS) is 11.6. The van der Waals surface area contributed by atoms with Gasteiger partial charge in [0.25, 0.3) is 0 Å². The third kappa shape index (κ3) is 11.7. The number of hydrogen-bond acceptors (Lipinski definition) is 6. The van der Waals surface area contributed by atoms with Gasteiger partial charge in [0.1, 0.15) is 5.75 Å². The van der Waals surface area contributed by atoms with Crippen LogP contribution in [-0.2, 0) is 27.4 Å². The van der Waals surface area contributed by atoms with Crippen LogP contribution in [0, 0.1) is 0 Å². The van der Waals surface area contributed by atoms with Gasteiger partial charge in [0, 0.05) is 23.7 Å². The number of nitrogens with zero attached hydrogens (tertiary/aromatic N) is 3. The van der Waals surface area contributed by atoms with Crippen LogP contribution in [0.4, 0.5) is 13.2 Å². The summed E-state index contributed by atoms with van der Waals surface area (Å²) < 4.78 is 68.8. The summed E-state index contributed by atoms with van der Waals surface area (Å²) in [4.78, 5) is 12.4. The summed E-state index contributed by atoms with van der Waals surface area (Å²) in [6, 6.07) is 30.8. The van der Waals surface area contributed by atoms with Crippen LogP contribution in [0.2, 0.25) is 5.02 Å². The fraction of sp³-hybridized carbons (Fsp3) is 0.222. The number of primary sulfonamides is 1. The fourth-order valence-corrected chi connectivity index (χ4v) is 5.42. The number of halogens is 4. The van der Waals surface area contributed by atoms with Crippen LogP contribution in [-0.4, -0.2) is 60.9 Å². The Hall–Kier alpha value is -4.69. The Kier molecular flexibility index (Phi) is 13.2. The quantitative estimate of drug-likeness (QED) is 0.122. The number of rotatable bonds is 13. The smallest absolute Gasteiger partial charge is 0.435 e. The molecule has 264 valence electrons. The highest BCUT2D eigenvalue weighted by atomic mass is 35.5. The van der Waals surface area contributed by atoms with E-state index in [1.807, 2.05) is 30.1 Å². The number of aromatic nitrogens is 2. The molecule has 0 amide bonds. The maximum atomic E-state index is 13.1. The van der Waals surface area contributed by atoms with Crippen molar-refractivity contribution in [2.24, 2.45) is 5.14 Å². The van der Waals surface area contributed by atoms with Crippen LogP contribution in [0.5, 0.6) is 5.75 Å². The standard InChI is InChI=1S/C20H25NO3.C16H11ClF3N3O2S/c1-21(14-12-20(22)23)13-5-15-24-19-10-8-18(9-11-19)16-17-6-3-2-4-7-17;17-11-3-1-10(2-4-11)14-9-15(16(18,19)20)22-23(14)12-5-7-13(8-6-12)26(21,24)25/h2-4,6-11H,5,12-16H2,1H3,(H,22,23);1-9H,(H2,21,24,25). The Morgan fingerprint density at radius 2 is 1.54 bits per heavy atom. The van der Waals surface area contributed by atoms with Gasteiger partial charge in [-0.25, -0.2) is 18.2 Å². The van der Waals surface area contributed by atoms with Crippen LogP contribution in [0.1, 0.15) is 29.7 Å². The van der Waals surface area contributed by atoms with Crippen molar-refractivity contribution < 1.29 is 36.2 Å². The SMILES string of the molecule is CN(CCCOc1ccc(Cc2ccccc2)cc1)CCC(=O)O.NS(=O)(=O)c1ccc(-n2nc(C(F)(F)F)cc2-c2ccc(Cl)cc2)cc1. The number of aliphatic carboxylic acids is 1. The van der Waals surface area contributed by atoms with Gasteiger partial charge in [-0.2, -0.15) is 18.3 Å². The van der Waals surface area contributed by atoms with Crippen molar-refractivity contribution in [1.29, 1.82) is 0 Å². The molecule has 0 saturated heterocycles. The number of hydrogen-bond donors (Lipinski definition) is 2. The van der Waals surface area contributed by atoms with E-state index in [-0.39, 0.29) is 22.7 Å². The molecular formula is C36H36ClF3N4O5S. The first-order valence-electron chi connectivity index (χ1n) is 15.4. The largest absolute Gasteiger partial charge is 0.494 e. The molecule has 14 heteroatoms. The summed E-state index contributed by atoms with van der Waals surface area (Å²) in [6.45, 7) is 2.04. The monoisotopic (exact) mass is 728 g/mol. The molecule has 5 aromatic rings. The second-order valence-electron chi connectivity index (χ2n) is 11.3. The first-order valence-corrected chi connectivity index (χ1v) is 17.3. The molecule has 50 heavy (non-hydrogen) atoms. The summed E-state index contributed by atoms with van der Waals surface area (Å²) in [7, 11) is -1.98. The van der Waals surface area contributed by atoms with Crippen LogP contribution in [0.25, 0.3) is 16.9 Å². The van der Waals surface area contributed by atoms with Crippen molar-refractivity contribution >= 4 is 27.6 Å². The van der Waals surface area contributed by atoms with Crippen molar-refractivity contribution in [1.82, 2.24) is 14.7 Å². The number of benzene rings is 4. The molecule has 0 aliphatic heterocycles. The Morgan fingerprint density at radius 3 is 2.12 bits per heavy atom. The summed E-state index contributed by atoms with van der Waals surface area (Å²) >= 11 is 5.82. The van der Waals surface area contributed by atoms with Gasteiger partial charge >= 0.3 is 12.1 Å². The zero-order chi connectivity index (χ0) is 36.3. The van der Waals surface area contributed by atoms with Crippen LogP contribution < -0.4 is 9.88 Å². The summed E-state index contributed by atoms with van der Waals surface area (Å²) in [5, 5.41) is 17.7. The zero-order valence-corrected chi connectivity index (χ0v) is 28.6. The molecule has 0 saturated carbocycles. The number of carbonyl (C=O) groups is 1. The molecule has 0 spiro atoms. The van der Waals surface area contributed by atoms with Crippen molar-refractivity contribution in [3.63, 3.8) is 0 Å². The molecule has 3 N–H and O–H groups in total. The van der Waals surface area contributed by atoms with Gasteiger partial charge in [-0.15, -0.1) is 0 Å². The van der Waals surface area contributed by atoms with Gasteiger partial charge in [0.05, 0.1) is 29.3 Å². The molecule has 9 nitrogen and oxygen atoms in total. The van der Waals surface area contributed by atoms with Gasteiger partial charge in [0.2, 0.25) is 10.0 Å². The lowest BCUT2D eigenvalue weighted by atomic mass is 10.1. The van der Waals surface area contributed by atoms with E-state index in [9.17, 15) is 26.4 Å². The number of ether oxygens (including phenoxy) is 1. The highest BCUT2D eigenvalue weighted by Crippen LogP contribution is 2.33. The minimum Gasteiger partial charge on any atom is -0.494 e. The fourth-order valence-electron chi connectivity index (χ4n) is 4.78. The van der Waals surface area contributed by atoms with Gasteiger partial charge in [-0.05, 0) is 85.6 Å². The lowest BCUT2D eigenvalue weighted by Gasteiger charge is -2.15. The van der Waals surface area contributed by atoms with E-state index >= 15 is 0 Å². The van der Waals surface area contributed by atoms with Crippen LogP contribution >= 0.6 is 11.6 Å². The van der Waals surface area contributed by atoms with Gasteiger partial charge < -0.3 is 14.7 Å². The Labute approximate surface area is 293 Å². The zero-order valence-electron chi connectivity index (χ0n) is 27.1. The Balaban J connectivity index is 0.000000226.